The van der Waals surface area contributed by atoms with E-state index in [2.05, 4.69) is 15.9 Å². The number of benzene rings is 1. The molecule has 0 fully saturated rings. The first-order chi connectivity index (χ1) is 7.47. The first-order valence-electron chi connectivity index (χ1n) is 4.59. The van der Waals surface area contributed by atoms with E-state index in [1.165, 1.54) is 12.1 Å². The lowest BCUT2D eigenvalue weighted by atomic mass is 10.1. The van der Waals surface area contributed by atoms with Gasteiger partial charge in [0.1, 0.15) is 0 Å². The lowest BCUT2D eigenvalue weighted by Gasteiger charge is -2.07. The lowest BCUT2D eigenvalue weighted by Crippen LogP contribution is -2.08. The van der Waals surface area contributed by atoms with Gasteiger partial charge < -0.3 is 4.74 Å². The predicted molar refractivity (Wildman–Crippen MR) is 61.5 cm³/mol. The van der Waals surface area contributed by atoms with Crippen LogP contribution in [0.5, 0.6) is 0 Å². The Morgan fingerprint density at radius 2 is 2.19 bits per heavy atom. The number of hydrogen-bond donors (Lipinski definition) is 0. The number of hydrogen-bond acceptors (Lipinski definition) is 4. The zero-order valence-electron chi connectivity index (χ0n) is 8.82. The molecule has 1 rings (SSSR count). The molecule has 0 aromatic heterocycles. The van der Waals surface area contributed by atoms with Crippen molar-refractivity contribution >= 4 is 27.6 Å². The molecule has 0 amide bonds. The van der Waals surface area contributed by atoms with Gasteiger partial charge >= 0.3 is 5.97 Å². The Bertz CT molecular complexity index is 421. The van der Waals surface area contributed by atoms with E-state index < -0.39 is 10.9 Å². The number of halogens is 1. The van der Waals surface area contributed by atoms with Crippen molar-refractivity contribution in [1.29, 1.82) is 0 Å². The van der Waals surface area contributed by atoms with Crippen LogP contribution in [-0.2, 0) is 4.74 Å². The van der Waals surface area contributed by atoms with Gasteiger partial charge in [0.15, 0.2) is 0 Å². The second kappa shape index (κ2) is 5.07. The smallest absolute Gasteiger partial charge is 0.339 e. The predicted octanol–water partition coefficient (Wildman–Crippen LogP) is 2.84. The summed E-state index contributed by atoms with van der Waals surface area (Å²) in [6, 6.07) is 2.64. The van der Waals surface area contributed by atoms with Gasteiger partial charge in [0.25, 0.3) is 5.69 Å². The summed E-state index contributed by atoms with van der Waals surface area (Å²) in [5.74, 6) is -0.484. The summed E-state index contributed by atoms with van der Waals surface area (Å²) < 4.78 is 5.22. The molecule has 0 aliphatic rings. The second-order valence-corrected chi connectivity index (χ2v) is 3.95. The third kappa shape index (κ3) is 2.57. The van der Waals surface area contributed by atoms with E-state index in [0.717, 1.165) is 0 Å². The van der Waals surface area contributed by atoms with E-state index in [1.807, 2.05) is 0 Å². The van der Waals surface area contributed by atoms with Crippen LogP contribution >= 0.6 is 15.9 Å². The summed E-state index contributed by atoms with van der Waals surface area (Å²) in [5.41, 5.74) is 0.782. The van der Waals surface area contributed by atoms with Gasteiger partial charge in [0.2, 0.25) is 0 Å². The van der Waals surface area contributed by atoms with Crippen molar-refractivity contribution in [3.05, 3.63) is 37.8 Å². The van der Waals surface area contributed by atoms with Crippen LogP contribution in [-0.4, -0.2) is 17.5 Å². The quantitative estimate of drug-likeness (QED) is 0.487. The fourth-order valence-electron chi connectivity index (χ4n) is 1.29. The first-order valence-corrected chi connectivity index (χ1v) is 5.38. The topological polar surface area (TPSA) is 69.4 Å². The van der Waals surface area contributed by atoms with E-state index >= 15 is 0 Å². The lowest BCUT2D eigenvalue weighted by molar-refractivity contribution is -0.385. The zero-order chi connectivity index (χ0) is 12.3. The molecule has 0 atom stereocenters. The monoisotopic (exact) mass is 287 g/mol. The summed E-state index contributed by atoms with van der Waals surface area (Å²) in [6.45, 7) is 3.60. The first kappa shape index (κ1) is 12.6. The van der Waals surface area contributed by atoms with Crippen LogP contribution in [0.2, 0.25) is 0 Å². The van der Waals surface area contributed by atoms with E-state index in [9.17, 15) is 14.9 Å². The molecule has 6 heteroatoms. The van der Waals surface area contributed by atoms with Crippen molar-refractivity contribution in [2.75, 3.05) is 6.61 Å². The van der Waals surface area contributed by atoms with Crippen molar-refractivity contribution in [1.82, 2.24) is 0 Å². The van der Waals surface area contributed by atoms with Crippen LogP contribution in [0.3, 0.4) is 0 Å². The maximum atomic E-state index is 11.5. The Morgan fingerprint density at radius 3 is 2.62 bits per heavy atom. The SMILES string of the molecule is CCOC(=O)c1c(C)cc([N+](=O)[O-])cc1Br. The van der Waals surface area contributed by atoms with Gasteiger partial charge in [-0.25, -0.2) is 4.79 Å². The van der Waals surface area contributed by atoms with Crippen LogP contribution in [0.1, 0.15) is 22.8 Å². The molecule has 0 aliphatic carbocycles. The number of esters is 1. The Morgan fingerprint density at radius 1 is 1.56 bits per heavy atom. The molecule has 0 spiro atoms. The molecule has 0 N–H and O–H groups in total. The van der Waals surface area contributed by atoms with Gasteiger partial charge in [-0.05, 0) is 35.3 Å². The molecule has 16 heavy (non-hydrogen) atoms. The van der Waals surface area contributed by atoms with Crippen molar-refractivity contribution in [2.24, 2.45) is 0 Å². The average Bonchev–Trinajstić information content (AvgIpc) is 2.16. The van der Waals surface area contributed by atoms with Crippen LogP contribution < -0.4 is 0 Å². The van der Waals surface area contributed by atoms with Gasteiger partial charge in [0.05, 0.1) is 17.1 Å². The molecule has 0 aliphatic heterocycles. The highest BCUT2D eigenvalue weighted by atomic mass is 79.9. The number of carbonyl (C=O) groups excluding carboxylic acids is 1. The van der Waals surface area contributed by atoms with Gasteiger partial charge in [-0.3, -0.25) is 10.1 Å². The van der Waals surface area contributed by atoms with Crippen molar-refractivity contribution in [2.45, 2.75) is 13.8 Å². The molecule has 0 saturated heterocycles. The number of ether oxygens (including phenoxy) is 1. The molecule has 0 saturated carbocycles. The third-order valence-electron chi connectivity index (χ3n) is 1.96. The number of nitro benzene ring substituents is 1. The van der Waals surface area contributed by atoms with Gasteiger partial charge in [-0.2, -0.15) is 0 Å². The summed E-state index contributed by atoms with van der Waals surface area (Å²) in [4.78, 5) is 21.6. The van der Waals surface area contributed by atoms with Gasteiger partial charge in [0, 0.05) is 16.6 Å². The van der Waals surface area contributed by atoms with Crippen LogP contribution in [0, 0.1) is 17.0 Å². The number of nitrogens with zero attached hydrogens (tertiary/aromatic N) is 1. The highest BCUT2D eigenvalue weighted by Crippen LogP contribution is 2.27. The third-order valence-corrected chi connectivity index (χ3v) is 2.59. The second-order valence-electron chi connectivity index (χ2n) is 3.10. The van der Waals surface area contributed by atoms with Crippen LogP contribution in [0.4, 0.5) is 5.69 Å². The van der Waals surface area contributed by atoms with E-state index in [-0.39, 0.29) is 12.3 Å². The maximum Gasteiger partial charge on any atom is 0.339 e. The van der Waals surface area contributed by atoms with Crippen LogP contribution in [0.15, 0.2) is 16.6 Å². The molecule has 1 aromatic rings. The minimum atomic E-state index is -0.507. The minimum absolute atomic E-state index is 0.0579. The van der Waals surface area contributed by atoms with Crippen molar-refractivity contribution in [3.63, 3.8) is 0 Å². The number of nitro groups is 1. The van der Waals surface area contributed by atoms with Gasteiger partial charge in [-0.15, -0.1) is 0 Å². The molecule has 0 unspecified atom stereocenters. The summed E-state index contributed by atoms with van der Waals surface area (Å²) in [6.07, 6.45) is 0. The van der Waals surface area contributed by atoms with E-state index in [0.29, 0.717) is 15.6 Å². The molecule has 1 aromatic carbocycles. The average molecular weight is 288 g/mol. The highest BCUT2D eigenvalue weighted by molar-refractivity contribution is 9.10. The number of aryl methyl sites for hydroxylation is 1. The molecule has 0 heterocycles. The Balaban J connectivity index is 3.22. The molecule has 5 nitrogen and oxygen atoms in total. The van der Waals surface area contributed by atoms with Gasteiger partial charge in [-0.1, -0.05) is 0 Å². The van der Waals surface area contributed by atoms with Crippen molar-refractivity contribution in [3.8, 4) is 0 Å². The Labute approximate surface area is 101 Å². The summed E-state index contributed by atoms with van der Waals surface area (Å²) in [5, 5.41) is 10.6. The number of rotatable bonds is 3. The minimum Gasteiger partial charge on any atom is -0.462 e. The zero-order valence-corrected chi connectivity index (χ0v) is 10.4. The largest absolute Gasteiger partial charge is 0.462 e. The standard InChI is InChI=1S/C10H10BrNO4/c1-3-16-10(13)9-6(2)4-7(12(14)15)5-8(9)11/h4-5H,3H2,1-2H3. The van der Waals surface area contributed by atoms with E-state index in [1.54, 1.807) is 13.8 Å². The molecule has 0 radical (unpaired) electrons. The number of non-ortho nitro benzene ring substituents is 1. The highest BCUT2D eigenvalue weighted by Gasteiger charge is 2.18. The fourth-order valence-corrected chi connectivity index (χ4v) is 2.00. The molecule has 0 bridgehead atoms. The molecule has 86 valence electrons. The normalized spacial score (nSPS) is 9.94. The van der Waals surface area contributed by atoms with Crippen LogP contribution in [0.25, 0.3) is 0 Å². The van der Waals surface area contributed by atoms with Crippen molar-refractivity contribution < 1.29 is 14.5 Å². The number of carbonyl (C=O) groups is 1. The Hall–Kier alpha value is -1.43. The van der Waals surface area contributed by atoms with E-state index in [4.69, 9.17) is 4.74 Å². The summed E-state index contributed by atoms with van der Waals surface area (Å²) in [7, 11) is 0. The maximum absolute atomic E-state index is 11.5. The molecular formula is C10H10BrNO4. The summed E-state index contributed by atoms with van der Waals surface area (Å²) >= 11 is 3.13. The molecular weight excluding hydrogens is 278 g/mol. The fraction of sp³-hybridized carbons (Fsp3) is 0.300. The Kier molecular flexibility index (Phi) is 4.00.